The summed E-state index contributed by atoms with van der Waals surface area (Å²) in [6.45, 7) is 1.48. The fourth-order valence-corrected chi connectivity index (χ4v) is 2.75. The molecule has 0 amide bonds. The first-order valence-electron chi connectivity index (χ1n) is 8.35. The summed E-state index contributed by atoms with van der Waals surface area (Å²) < 4.78 is 21.6. The van der Waals surface area contributed by atoms with Gasteiger partial charge in [0, 0.05) is 31.0 Å². The second-order valence-corrected chi connectivity index (χ2v) is 5.72. The lowest BCUT2D eigenvalue weighted by Gasteiger charge is -2.15. The molecule has 1 aromatic heterocycles. The number of benzene rings is 1. The molecule has 26 heavy (non-hydrogen) atoms. The molecule has 1 aromatic carbocycles. The number of ether oxygens (including phenoxy) is 4. The van der Waals surface area contributed by atoms with Crippen LogP contribution in [-0.4, -0.2) is 55.8 Å². The summed E-state index contributed by atoms with van der Waals surface area (Å²) in [6, 6.07) is 3.59. The molecule has 2 heterocycles. The Bertz CT molecular complexity index is 712. The first-order valence-corrected chi connectivity index (χ1v) is 8.35. The van der Waals surface area contributed by atoms with E-state index in [1.165, 1.54) is 0 Å². The van der Waals surface area contributed by atoms with Crippen molar-refractivity contribution in [2.24, 2.45) is 0 Å². The SMILES string of the molecule is COc1cc(Nc2cnnc(NCC3CCCO3)n2)cc(OC)c1OC. The van der Waals surface area contributed by atoms with Crippen molar-refractivity contribution in [2.75, 3.05) is 45.1 Å². The maximum absolute atomic E-state index is 5.58. The quantitative estimate of drug-likeness (QED) is 0.733. The number of nitrogens with one attached hydrogen (secondary N) is 2. The van der Waals surface area contributed by atoms with Gasteiger partial charge in [-0.3, -0.25) is 0 Å². The third-order valence-electron chi connectivity index (χ3n) is 4.01. The number of nitrogens with zero attached hydrogens (tertiary/aromatic N) is 3. The maximum atomic E-state index is 5.58. The minimum Gasteiger partial charge on any atom is -0.493 e. The monoisotopic (exact) mass is 361 g/mol. The fraction of sp³-hybridized carbons (Fsp3) is 0.471. The zero-order chi connectivity index (χ0) is 18.4. The Labute approximate surface area is 152 Å². The van der Waals surface area contributed by atoms with Gasteiger partial charge in [-0.2, -0.15) is 10.1 Å². The van der Waals surface area contributed by atoms with Crippen LogP contribution < -0.4 is 24.8 Å². The van der Waals surface area contributed by atoms with Crippen LogP contribution in [0.3, 0.4) is 0 Å². The van der Waals surface area contributed by atoms with E-state index in [2.05, 4.69) is 25.8 Å². The highest BCUT2D eigenvalue weighted by molar-refractivity contribution is 5.66. The van der Waals surface area contributed by atoms with Crippen LogP contribution >= 0.6 is 0 Å². The Morgan fingerprint density at radius 3 is 2.54 bits per heavy atom. The summed E-state index contributed by atoms with van der Waals surface area (Å²) in [7, 11) is 4.70. The molecule has 140 valence electrons. The van der Waals surface area contributed by atoms with Crippen molar-refractivity contribution < 1.29 is 18.9 Å². The molecule has 9 heteroatoms. The van der Waals surface area contributed by atoms with Gasteiger partial charge < -0.3 is 29.6 Å². The zero-order valence-electron chi connectivity index (χ0n) is 15.1. The van der Waals surface area contributed by atoms with Crippen LogP contribution in [0.1, 0.15) is 12.8 Å². The van der Waals surface area contributed by atoms with E-state index in [-0.39, 0.29) is 6.10 Å². The molecule has 1 fully saturated rings. The number of methoxy groups -OCH3 is 3. The highest BCUT2D eigenvalue weighted by atomic mass is 16.5. The third-order valence-corrected chi connectivity index (χ3v) is 4.01. The maximum Gasteiger partial charge on any atom is 0.244 e. The van der Waals surface area contributed by atoms with Gasteiger partial charge in [0.25, 0.3) is 0 Å². The molecule has 1 aliphatic rings. The second kappa shape index (κ2) is 8.52. The van der Waals surface area contributed by atoms with Crippen molar-refractivity contribution in [3.05, 3.63) is 18.3 Å². The molecule has 1 atom stereocenters. The molecular formula is C17H23N5O4. The summed E-state index contributed by atoms with van der Waals surface area (Å²) in [4.78, 5) is 4.42. The molecule has 3 rings (SSSR count). The Morgan fingerprint density at radius 2 is 1.92 bits per heavy atom. The van der Waals surface area contributed by atoms with Crippen molar-refractivity contribution in [1.82, 2.24) is 15.2 Å². The smallest absolute Gasteiger partial charge is 0.244 e. The third kappa shape index (κ3) is 4.23. The van der Waals surface area contributed by atoms with Gasteiger partial charge in [-0.05, 0) is 12.8 Å². The van der Waals surface area contributed by atoms with Gasteiger partial charge in [0.05, 0.1) is 33.6 Å². The standard InChI is InChI=1S/C17H23N5O4/c1-23-13-7-11(8-14(24-2)16(13)25-3)20-15-10-19-22-17(21-15)18-9-12-5-4-6-26-12/h7-8,10,12H,4-6,9H2,1-3H3,(H2,18,20,21,22). The molecule has 0 bridgehead atoms. The van der Waals surface area contributed by atoms with E-state index in [0.717, 1.165) is 25.1 Å². The molecule has 1 aliphatic heterocycles. The Balaban J connectivity index is 1.73. The van der Waals surface area contributed by atoms with Gasteiger partial charge in [-0.25, -0.2) is 0 Å². The van der Waals surface area contributed by atoms with Crippen molar-refractivity contribution in [1.29, 1.82) is 0 Å². The van der Waals surface area contributed by atoms with Crippen molar-refractivity contribution in [3.8, 4) is 17.2 Å². The van der Waals surface area contributed by atoms with Crippen LogP contribution in [0, 0.1) is 0 Å². The van der Waals surface area contributed by atoms with Gasteiger partial charge >= 0.3 is 0 Å². The van der Waals surface area contributed by atoms with E-state index in [1.54, 1.807) is 39.7 Å². The van der Waals surface area contributed by atoms with Crippen LogP contribution in [0.4, 0.5) is 17.5 Å². The van der Waals surface area contributed by atoms with Crippen LogP contribution in [0.5, 0.6) is 17.2 Å². The first-order chi connectivity index (χ1) is 12.7. The number of hydrogen-bond acceptors (Lipinski definition) is 9. The van der Waals surface area contributed by atoms with E-state index < -0.39 is 0 Å². The Hall–Kier alpha value is -2.81. The molecule has 9 nitrogen and oxygen atoms in total. The van der Waals surface area contributed by atoms with E-state index in [1.807, 2.05) is 0 Å². The van der Waals surface area contributed by atoms with Crippen molar-refractivity contribution in [2.45, 2.75) is 18.9 Å². The summed E-state index contributed by atoms with van der Waals surface area (Å²) in [6.07, 6.45) is 3.88. The average molecular weight is 361 g/mol. The van der Waals surface area contributed by atoms with Crippen LogP contribution in [0.2, 0.25) is 0 Å². The highest BCUT2D eigenvalue weighted by Gasteiger charge is 2.16. The van der Waals surface area contributed by atoms with E-state index in [0.29, 0.717) is 35.6 Å². The lowest BCUT2D eigenvalue weighted by Crippen LogP contribution is -2.20. The predicted molar refractivity (Wildman–Crippen MR) is 96.7 cm³/mol. The minimum absolute atomic E-state index is 0.199. The van der Waals surface area contributed by atoms with Gasteiger partial charge in [-0.1, -0.05) is 0 Å². The predicted octanol–water partition coefficient (Wildman–Crippen LogP) is 2.23. The molecular weight excluding hydrogens is 338 g/mol. The molecule has 0 aliphatic carbocycles. The molecule has 0 radical (unpaired) electrons. The van der Waals surface area contributed by atoms with Gasteiger partial charge in [-0.15, -0.1) is 5.10 Å². The Kier molecular flexibility index (Phi) is 5.90. The van der Waals surface area contributed by atoms with E-state index >= 15 is 0 Å². The molecule has 1 saturated heterocycles. The normalized spacial score (nSPS) is 16.2. The molecule has 2 aromatic rings. The highest BCUT2D eigenvalue weighted by Crippen LogP contribution is 2.40. The summed E-state index contributed by atoms with van der Waals surface area (Å²) >= 11 is 0. The van der Waals surface area contributed by atoms with E-state index in [4.69, 9.17) is 18.9 Å². The minimum atomic E-state index is 0.199. The number of hydrogen-bond donors (Lipinski definition) is 2. The zero-order valence-corrected chi connectivity index (χ0v) is 15.1. The first kappa shape index (κ1) is 18.0. The average Bonchev–Trinajstić information content (AvgIpc) is 3.19. The number of rotatable bonds is 8. The fourth-order valence-electron chi connectivity index (χ4n) is 2.75. The summed E-state index contributed by atoms with van der Waals surface area (Å²) in [5, 5.41) is 14.3. The van der Waals surface area contributed by atoms with Crippen molar-refractivity contribution >= 4 is 17.5 Å². The van der Waals surface area contributed by atoms with E-state index in [9.17, 15) is 0 Å². The molecule has 1 unspecified atom stereocenters. The number of anilines is 3. The van der Waals surface area contributed by atoms with Gasteiger partial charge in [0.15, 0.2) is 17.3 Å². The van der Waals surface area contributed by atoms with Gasteiger partial charge in [0.1, 0.15) is 0 Å². The van der Waals surface area contributed by atoms with Crippen molar-refractivity contribution in [3.63, 3.8) is 0 Å². The van der Waals surface area contributed by atoms with Gasteiger partial charge in [0.2, 0.25) is 11.7 Å². The molecule has 0 saturated carbocycles. The molecule has 0 spiro atoms. The lowest BCUT2D eigenvalue weighted by molar-refractivity contribution is 0.120. The second-order valence-electron chi connectivity index (χ2n) is 5.72. The van der Waals surface area contributed by atoms with Crippen LogP contribution in [0.15, 0.2) is 18.3 Å². The molecule has 2 N–H and O–H groups in total. The van der Waals surface area contributed by atoms with Crippen LogP contribution in [-0.2, 0) is 4.74 Å². The largest absolute Gasteiger partial charge is 0.493 e. The summed E-state index contributed by atoms with van der Waals surface area (Å²) in [5.74, 6) is 2.61. The number of aromatic nitrogens is 3. The summed E-state index contributed by atoms with van der Waals surface area (Å²) in [5.41, 5.74) is 0.727. The van der Waals surface area contributed by atoms with Crippen LogP contribution in [0.25, 0.3) is 0 Å². The topological polar surface area (TPSA) is 99.7 Å². The lowest BCUT2D eigenvalue weighted by atomic mass is 10.2. The Morgan fingerprint density at radius 1 is 1.15 bits per heavy atom.